The van der Waals surface area contributed by atoms with Gasteiger partial charge in [-0.15, -0.1) is 11.3 Å². The Bertz CT molecular complexity index is 1300. The summed E-state index contributed by atoms with van der Waals surface area (Å²) in [6.07, 6.45) is 1.06. The van der Waals surface area contributed by atoms with Crippen LogP contribution in [0.25, 0.3) is 21.6 Å². The number of ether oxygens (including phenoxy) is 1. The highest BCUT2D eigenvalue weighted by Gasteiger charge is 2.27. The summed E-state index contributed by atoms with van der Waals surface area (Å²) in [5, 5.41) is 2.80. The number of amides is 1. The summed E-state index contributed by atoms with van der Waals surface area (Å²) in [4.78, 5) is 31.6. The van der Waals surface area contributed by atoms with Gasteiger partial charge in [-0.1, -0.05) is 24.3 Å². The van der Waals surface area contributed by atoms with E-state index in [0.717, 1.165) is 51.8 Å². The van der Waals surface area contributed by atoms with Gasteiger partial charge in [0.2, 0.25) is 5.91 Å². The Balaban J connectivity index is 1.43. The molecule has 1 amide bonds. The van der Waals surface area contributed by atoms with E-state index in [1.165, 1.54) is 11.3 Å². The maximum Gasteiger partial charge on any atom is 0.234 e. The smallest absolute Gasteiger partial charge is 0.234 e. The topological polar surface area (TPSA) is 71.5 Å². The van der Waals surface area contributed by atoms with Gasteiger partial charge in [0.05, 0.1) is 35.3 Å². The first-order valence-electron chi connectivity index (χ1n) is 11.1. The molecule has 5 rings (SSSR count). The zero-order valence-corrected chi connectivity index (χ0v) is 19.5. The molecule has 0 saturated carbocycles. The number of hydrogen-bond acceptors (Lipinski definition) is 7. The maximum atomic E-state index is 13.4. The van der Waals surface area contributed by atoms with E-state index < -0.39 is 0 Å². The van der Waals surface area contributed by atoms with Crippen molar-refractivity contribution in [1.29, 1.82) is 0 Å². The van der Waals surface area contributed by atoms with E-state index in [9.17, 15) is 4.79 Å². The van der Waals surface area contributed by atoms with Gasteiger partial charge in [-0.05, 0) is 37.6 Å². The van der Waals surface area contributed by atoms with Crippen molar-refractivity contribution in [2.75, 3.05) is 36.5 Å². The molecule has 0 aliphatic carbocycles. The van der Waals surface area contributed by atoms with Crippen LogP contribution in [0.4, 0.5) is 11.6 Å². The summed E-state index contributed by atoms with van der Waals surface area (Å²) in [7, 11) is 2.00. The van der Waals surface area contributed by atoms with Crippen LogP contribution in [0.3, 0.4) is 0 Å². The molecule has 0 fully saturated rings. The zero-order chi connectivity index (χ0) is 22.8. The van der Waals surface area contributed by atoms with Gasteiger partial charge >= 0.3 is 0 Å². The van der Waals surface area contributed by atoms with Crippen molar-refractivity contribution in [3.05, 3.63) is 59.6 Å². The number of anilines is 2. The second-order valence-electron chi connectivity index (χ2n) is 7.93. The second-order valence-corrected chi connectivity index (χ2v) is 8.79. The van der Waals surface area contributed by atoms with Crippen LogP contribution in [0, 0.1) is 0 Å². The number of hydrogen-bond donors (Lipinski definition) is 0. The van der Waals surface area contributed by atoms with E-state index in [2.05, 4.69) is 4.90 Å². The molecule has 1 aliphatic rings. The van der Waals surface area contributed by atoms with Crippen LogP contribution >= 0.6 is 11.3 Å². The van der Waals surface area contributed by atoms with E-state index in [-0.39, 0.29) is 12.3 Å². The number of rotatable bonds is 5. The summed E-state index contributed by atoms with van der Waals surface area (Å²) in [6, 6.07) is 15.6. The molecule has 7 nitrogen and oxygen atoms in total. The average molecular weight is 460 g/mol. The number of thiazole rings is 1. The standard InChI is InChI=1S/C25H25N5O2S/c1-3-32-21-12-7-4-9-18(21)25-26-17(16-33-25)15-22(31)30-14-8-13-29(2)23-24(30)28-20-11-6-5-10-19(20)27-23/h4-7,9-12,16H,3,8,13-15H2,1-2H3. The first-order valence-corrected chi connectivity index (χ1v) is 12.0. The summed E-state index contributed by atoms with van der Waals surface area (Å²) >= 11 is 1.53. The molecule has 2 aromatic carbocycles. The van der Waals surface area contributed by atoms with Crippen LogP contribution in [-0.4, -0.2) is 47.6 Å². The first kappa shape index (κ1) is 21.3. The lowest BCUT2D eigenvalue weighted by Crippen LogP contribution is -2.33. The highest BCUT2D eigenvalue weighted by atomic mass is 32.1. The molecule has 4 aromatic rings. The van der Waals surface area contributed by atoms with Gasteiger partial charge in [0.1, 0.15) is 10.8 Å². The fraction of sp³-hybridized carbons (Fsp3) is 0.280. The van der Waals surface area contributed by atoms with Gasteiger partial charge in [-0.2, -0.15) is 0 Å². The summed E-state index contributed by atoms with van der Waals surface area (Å²) in [5.41, 5.74) is 3.31. The molecule has 2 aromatic heterocycles. The Morgan fingerprint density at radius 1 is 1.00 bits per heavy atom. The van der Waals surface area contributed by atoms with Crippen LogP contribution in [0.15, 0.2) is 53.9 Å². The average Bonchev–Trinajstić information content (AvgIpc) is 3.23. The van der Waals surface area contributed by atoms with E-state index in [0.29, 0.717) is 19.0 Å². The van der Waals surface area contributed by atoms with Crippen LogP contribution < -0.4 is 14.5 Å². The van der Waals surface area contributed by atoms with Gasteiger partial charge in [-0.3, -0.25) is 9.69 Å². The van der Waals surface area contributed by atoms with Crippen molar-refractivity contribution in [3.8, 4) is 16.3 Å². The molecule has 3 heterocycles. The molecule has 0 saturated heterocycles. The summed E-state index contributed by atoms with van der Waals surface area (Å²) < 4.78 is 5.75. The van der Waals surface area contributed by atoms with Crippen molar-refractivity contribution < 1.29 is 9.53 Å². The number of benzene rings is 2. The Morgan fingerprint density at radius 2 is 1.73 bits per heavy atom. The normalized spacial score (nSPS) is 13.6. The van der Waals surface area contributed by atoms with Crippen LogP contribution in [0.2, 0.25) is 0 Å². The number of para-hydroxylation sites is 3. The monoisotopic (exact) mass is 459 g/mol. The quantitative estimate of drug-likeness (QED) is 0.435. The highest BCUT2D eigenvalue weighted by Crippen LogP contribution is 2.33. The Morgan fingerprint density at radius 3 is 2.52 bits per heavy atom. The molecule has 0 spiro atoms. The lowest BCUT2D eigenvalue weighted by molar-refractivity contribution is -0.118. The van der Waals surface area contributed by atoms with Gasteiger partial charge in [0.25, 0.3) is 0 Å². The largest absolute Gasteiger partial charge is 0.493 e. The van der Waals surface area contributed by atoms with E-state index in [4.69, 9.17) is 19.7 Å². The molecular weight excluding hydrogens is 434 g/mol. The molecule has 8 heteroatoms. The lowest BCUT2D eigenvalue weighted by atomic mass is 10.2. The Labute approximate surface area is 196 Å². The summed E-state index contributed by atoms with van der Waals surface area (Å²) in [6.45, 7) is 3.98. The van der Waals surface area contributed by atoms with Crippen molar-refractivity contribution in [2.45, 2.75) is 19.8 Å². The maximum absolute atomic E-state index is 13.4. The van der Waals surface area contributed by atoms with Crippen molar-refractivity contribution in [1.82, 2.24) is 15.0 Å². The first-order chi connectivity index (χ1) is 16.1. The third-order valence-corrected chi connectivity index (χ3v) is 6.55. The second kappa shape index (κ2) is 9.15. The lowest BCUT2D eigenvalue weighted by Gasteiger charge is -2.22. The molecule has 0 N–H and O–H groups in total. The molecule has 0 atom stereocenters. The SMILES string of the molecule is CCOc1ccccc1-c1nc(CC(=O)N2CCCN(C)c3nc4ccccc4nc32)cs1. The van der Waals surface area contributed by atoms with E-state index in [1.54, 1.807) is 4.90 Å². The van der Waals surface area contributed by atoms with Gasteiger partial charge < -0.3 is 9.64 Å². The fourth-order valence-electron chi connectivity index (χ4n) is 4.03. The van der Waals surface area contributed by atoms with Gasteiger partial charge in [0, 0.05) is 25.5 Å². The molecule has 0 unspecified atom stereocenters. The van der Waals surface area contributed by atoms with Crippen molar-refractivity contribution in [2.24, 2.45) is 0 Å². The molecular formula is C25H25N5O2S. The minimum Gasteiger partial charge on any atom is -0.493 e. The van der Waals surface area contributed by atoms with Gasteiger partial charge in [-0.25, -0.2) is 15.0 Å². The number of nitrogens with zero attached hydrogens (tertiary/aromatic N) is 5. The molecule has 33 heavy (non-hydrogen) atoms. The van der Waals surface area contributed by atoms with Crippen LogP contribution in [-0.2, 0) is 11.2 Å². The molecule has 168 valence electrons. The minimum atomic E-state index is -0.0222. The van der Waals surface area contributed by atoms with Gasteiger partial charge in [0.15, 0.2) is 11.6 Å². The van der Waals surface area contributed by atoms with E-state index >= 15 is 0 Å². The summed E-state index contributed by atoms with van der Waals surface area (Å²) in [5.74, 6) is 2.14. The third-order valence-electron chi connectivity index (χ3n) is 5.63. The van der Waals surface area contributed by atoms with E-state index in [1.807, 2.05) is 67.9 Å². The number of carbonyl (C=O) groups excluding carboxylic acids is 1. The van der Waals surface area contributed by atoms with Crippen molar-refractivity contribution in [3.63, 3.8) is 0 Å². The molecule has 0 radical (unpaired) electrons. The molecule has 1 aliphatic heterocycles. The molecule has 0 bridgehead atoms. The highest BCUT2D eigenvalue weighted by molar-refractivity contribution is 7.13. The third kappa shape index (κ3) is 4.26. The fourth-order valence-corrected chi connectivity index (χ4v) is 4.88. The Kier molecular flexibility index (Phi) is 5.92. The number of aromatic nitrogens is 3. The van der Waals surface area contributed by atoms with Crippen molar-refractivity contribution >= 4 is 39.9 Å². The van der Waals surface area contributed by atoms with Crippen LogP contribution in [0.5, 0.6) is 5.75 Å². The Hall–Kier alpha value is -3.52. The predicted octanol–water partition coefficient (Wildman–Crippen LogP) is 4.57. The van der Waals surface area contributed by atoms with Crippen LogP contribution in [0.1, 0.15) is 19.0 Å². The number of fused-ring (bicyclic) bond motifs is 2. The zero-order valence-electron chi connectivity index (χ0n) is 18.7. The minimum absolute atomic E-state index is 0.0222. The predicted molar refractivity (Wildman–Crippen MR) is 132 cm³/mol. The number of carbonyl (C=O) groups is 1.